The average molecular weight is 498 g/mol. The standard InChI is InChI=1S/C28H23N3O6/c1-27-11-12-28(37-27,13-14-36-18-6-4-5-17(15-18)16-29)24-23(27)25(32)30(26(24)33)21-9-10-22(31(34)35)20-8-3-2-7-19(20)21/h2-10,15,23-24H,11-14H2,1H3/t23-,24+,27?,28?/m1/s1. The average Bonchev–Trinajstić information content (AvgIpc) is 3.47. The minimum Gasteiger partial charge on any atom is -0.493 e. The van der Waals surface area contributed by atoms with E-state index in [9.17, 15) is 19.7 Å². The van der Waals surface area contributed by atoms with Gasteiger partial charge in [-0.1, -0.05) is 24.3 Å². The van der Waals surface area contributed by atoms with Crippen LogP contribution in [-0.2, 0) is 14.3 Å². The van der Waals surface area contributed by atoms with Crippen molar-refractivity contribution < 1.29 is 24.0 Å². The van der Waals surface area contributed by atoms with Gasteiger partial charge in [0.05, 0.1) is 57.3 Å². The molecule has 0 aliphatic carbocycles. The number of benzene rings is 3. The minimum atomic E-state index is -0.843. The molecule has 0 radical (unpaired) electrons. The van der Waals surface area contributed by atoms with E-state index < -0.39 is 28.0 Å². The van der Waals surface area contributed by atoms with E-state index in [2.05, 4.69) is 6.07 Å². The Kier molecular flexibility index (Phi) is 5.07. The zero-order chi connectivity index (χ0) is 25.9. The van der Waals surface area contributed by atoms with Crippen LogP contribution < -0.4 is 9.64 Å². The number of nitro groups is 1. The van der Waals surface area contributed by atoms with Crippen molar-refractivity contribution in [2.24, 2.45) is 11.8 Å². The van der Waals surface area contributed by atoms with Gasteiger partial charge in [0.1, 0.15) is 5.75 Å². The molecule has 3 aliphatic heterocycles. The van der Waals surface area contributed by atoms with Crippen molar-refractivity contribution in [1.29, 1.82) is 5.26 Å². The number of nitro benzene ring substituents is 1. The maximum Gasteiger partial charge on any atom is 0.277 e. The number of anilines is 1. The van der Waals surface area contributed by atoms with E-state index in [4.69, 9.17) is 14.7 Å². The quantitative estimate of drug-likeness (QED) is 0.279. The summed E-state index contributed by atoms with van der Waals surface area (Å²) in [4.78, 5) is 40.0. The molecule has 3 aromatic carbocycles. The van der Waals surface area contributed by atoms with Gasteiger partial charge in [-0.05, 0) is 50.1 Å². The number of ether oxygens (including phenoxy) is 2. The fraction of sp³-hybridized carbons (Fsp3) is 0.321. The minimum absolute atomic E-state index is 0.0805. The lowest BCUT2D eigenvalue weighted by atomic mass is 9.67. The molecule has 6 rings (SSSR count). The van der Waals surface area contributed by atoms with Crippen molar-refractivity contribution in [2.75, 3.05) is 11.5 Å². The van der Waals surface area contributed by atoms with Crippen LogP contribution >= 0.6 is 0 Å². The number of nitriles is 1. The largest absolute Gasteiger partial charge is 0.493 e. The number of rotatable bonds is 6. The van der Waals surface area contributed by atoms with Gasteiger partial charge < -0.3 is 9.47 Å². The Hall–Kier alpha value is -4.29. The van der Waals surface area contributed by atoms with E-state index in [1.54, 1.807) is 48.5 Å². The Bertz CT molecular complexity index is 1530. The van der Waals surface area contributed by atoms with E-state index >= 15 is 0 Å². The second-order valence-electron chi connectivity index (χ2n) is 10.1. The van der Waals surface area contributed by atoms with E-state index in [0.29, 0.717) is 47.0 Å². The van der Waals surface area contributed by atoms with Gasteiger partial charge in [-0.3, -0.25) is 19.7 Å². The van der Waals surface area contributed by atoms with Gasteiger partial charge >= 0.3 is 0 Å². The molecule has 3 fully saturated rings. The van der Waals surface area contributed by atoms with Gasteiger partial charge in [0, 0.05) is 17.9 Å². The third kappa shape index (κ3) is 3.33. The molecule has 3 heterocycles. The lowest BCUT2D eigenvalue weighted by Crippen LogP contribution is -2.43. The van der Waals surface area contributed by atoms with Gasteiger partial charge in [-0.2, -0.15) is 5.26 Å². The van der Waals surface area contributed by atoms with Gasteiger partial charge in [-0.25, -0.2) is 4.90 Å². The third-order valence-electron chi connectivity index (χ3n) is 8.08. The summed E-state index contributed by atoms with van der Waals surface area (Å²) in [6.45, 7) is 2.15. The number of carbonyl (C=O) groups is 2. The highest BCUT2D eigenvalue weighted by atomic mass is 16.6. The Morgan fingerprint density at radius 2 is 1.84 bits per heavy atom. The highest BCUT2D eigenvalue weighted by Gasteiger charge is 2.73. The van der Waals surface area contributed by atoms with E-state index in [1.807, 2.05) is 6.92 Å². The Labute approximate surface area is 212 Å². The van der Waals surface area contributed by atoms with Crippen molar-refractivity contribution in [1.82, 2.24) is 0 Å². The molecule has 2 bridgehead atoms. The first-order chi connectivity index (χ1) is 17.8. The third-order valence-corrected chi connectivity index (χ3v) is 8.08. The van der Waals surface area contributed by atoms with Crippen molar-refractivity contribution in [3.05, 3.63) is 76.3 Å². The number of hydrogen-bond acceptors (Lipinski definition) is 7. The predicted molar refractivity (Wildman–Crippen MR) is 133 cm³/mol. The fourth-order valence-electron chi connectivity index (χ4n) is 6.47. The lowest BCUT2D eigenvalue weighted by molar-refractivity contribution is -0.383. The molecular formula is C28H23N3O6. The molecule has 37 heavy (non-hydrogen) atoms. The van der Waals surface area contributed by atoms with Crippen molar-refractivity contribution in [2.45, 2.75) is 37.4 Å². The number of fused-ring (bicyclic) bond motifs is 6. The molecule has 4 atom stereocenters. The molecule has 0 saturated carbocycles. The molecule has 0 aromatic heterocycles. The first-order valence-electron chi connectivity index (χ1n) is 12.2. The monoisotopic (exact) mass is 497 g/mol. The van der Waals surface area contributed by atoms with Crippen LogP contribution in [0.3, 0.4) is 0 Å². The Morgan fingerprint density at radius 3 is 2.59 bits per heavy atom. The number of nitrogens with zero attached hydrogens (tertiary/aromatic N) is 3. The second-order valence-corrected chi connectivity index (χ2v) is 10.1. The summed E-state index contributed by atoms with van der Waals surface area (Å²) in [6.07, 6.45) is 1.68. The summed E-state index contributed by atoms with van der Waals surface area (Å²) >= 11 is 0. The van der Waals surface area contributed by atoms with Gasteiger partial charge in [-0.15, -0.1) is 0 Å². The van der Waals surface area contributed by atoms with Gasteiger partial charge in [0.25, 0.3) is 5.69 Å². The molecule has 3 aromatic rings. The molecular weight excluding hydrogens is 474 g/mol. The maximum atomic E-state index is 13.9. The molecule has 0 N–H and O–H groups in total. The normalized spacial score (nSPS) is 27.9. The van der Waals surface area contributed by atoms with Crippen LogP contribution in [0.1, 0.15) is 31.7 Å². The fourth-order valence-corrected chi connectivity index (χ4v) is 6.47. The summed E-state index contributed by atoms with van der Waals surface area (Å²) in [5.74, 6) is -1.42. The number of amides is 2. The summed E-state index contributed by atoms with van der Waals surface area (Å²) in [6, 6.07) is 18.5. The molecule has 2 unspecified atom stereocenters. The summed E-state index contributed by atoms with van der Waals surface area (Å²) in [7, 11) is 0. The first-order valence-corrected chi connectivity index (χ1v) is 12.2. The molecule has 3 saturated heterocycles. The van der Waals surface area contributed by atoms with Crippen LogP contribution in [0.25, 0.3) is 10.8 Å². The summed E-state index contributed by atoms with van der Waals surface area (Å²) in [5.41, 5.74) is -0.853. The van der Waals surface area contributed by atoms with Crippen LogP contribution in [0.2, 0.25) is 0 Å². The van der Waals surface area contributed by atoms with Crippen molar-refractivity contribution in [3.8, 4) is 11.8 Å². The molecule has 186 valence electrons. The molecule has 2 amide bonds. The van der Waals surface area contributed by atoms with Gasteiger partial charge in [0.2, 0.25) is 11.8 Å². The van der Waals surface area contributed by atoms with Crippen LogP contribution in [0.15, 0.2) is 60.7 Å². The highest BCUT2D eigenvalue weighted by Crippen LogP contribution is 2.62. The smallest absolute Gasteiger partial charge is 0.277 e. The van der Waals surface area contributed by atoms with E-state index in [1.165, 1.54) is 17.0 Å². The van der Waals surface area contributed by atoms with Crippen LogP contribution in [-0.4, -0.2) is 34.5 Å². The number of carbonyl (C=O) groups excluding carboxylic acids is 2. The summed E-state index contributed by atoms with van der Waals surface area (Å²) < 4.78 is 12.4. The zero-order valence-corrected chi connectivity index (χ0v) is 20.0. The van der Waals surface area contributed by atoms with Crippen LogP contribution in [0, 0.1) is 33.3 Å². The molecule has 0 spiro atoms. The zero-order valence-electron chi connectivity index (χ0n) is 20.0. The number of imide groups is 1. The number of non-ortho nitro benzene ring substituents is 1. The number of hydrogen-bond donors (Lipinski definition) is 0. The van der Waals surface area contributed by atoms with Crippen LogP contribution in [0.5, 0.6) is 5.75 Å². The second kappa shape index (κ2) is 8.11. The molecule has 9 heteroatoms. The topological polar surface area (TPSA) is 123 Å². The van der Waals surface area contributed by atoms with Crippen molar-refractivity contribution in [3.63, 3.8) is 0 Å². The Morgan fingerprint density at radius 1 is 1.08 bits per heavy atom. The summed E-state index contributed by atoms with van der Waals surface area (Å²) in [5, 5.41) is 21.5. The lowest BCUT2D eigenvalue weighted by Gasteiger charge is -2.31. The molecule has 9 nitrogen and oxygen atoms in total. The highest BCUT2D eigenvalue weighted by molar-refractivity contribution is 6.26. The van der Waals surface area contributed by atoms with Crippen LogP contribution in [0.4, 0.5) is 11.4 Å². The first kappa shape index (κ1) is 23.1. The van der Waals surface area contributed by atoms with Crippen molar-refractivity contribution >= 4 is 34.0 Å². The maximum absolute atomic E-state index is 13.9. The van der Waals surface area contributed by atoms with E-state index in [-0.39, 0.29) is 24.1 Å². The predicted octanol–water partition coefficient (Wildman–Crippen LogP) is 4.52. The van der Waals surface area contributed by atoms with E-state index in [0.717, 1.165) is 0 Å². The Balaban J connectivity index is 1.33. The molecule has 3 aliphatic rings. The van der Waals surface area contributed by atoms with Gasteiger partial charge in [0.15, 0.2) is 0 Å². The SMILES string of the molecule is CC12CCC(CCOc3cccc(C#N)c3)(O1)[C@@H]1C(=O)N(c3ccc([N+](=O)[O-])c4ccccc34)C(=O)[C@@H]12.